The van der Waals surface area contributed by atoms with Crippen molar-refractivity contribution >= 4 is 17.9 Å². The van der Waals surface area contributed by atoms with Crippen molar-refractivity contribution < 1.29 is 57.0 Å². The average Bonchev–Trinajstić information content (AvgIpc) is 4.05. The quantitative estimate of drug-likeness (QED) is 0.0247. The second-order valence-corrected chi connectivity index (χ2v) is 21.9. The third-order valence-electron chi connectivity index (χ3n) is 15.6. The lowest BCUT2D eigenvalue weighted by Crippen LogP contribution is -2.41. The van der Waals surface area contributed by atoms with E-state index in [0.29, 0.717) is 86.1 Å². The molecule has 6 heterocycles. The number of rotatable bonds is 46. The van der Waals surface area contributed by atoms with Crippen molar-refractivity contribution in [2.24, 2.45) is 0 Å². The molecule has 6 aliphatic rings. The van der Waals surface area contributed by atoms with Crippen LogP contribution in [0.5, 0.6) is 0 Å². The van der Waals surface area contributed by atoms with Crippen molar-refractivity contribution in [3.63, 3.8) is 0 Å². The normalized spacial score (nSPS) is 29.8. The van der Waals surface area contributed by atoms with E-state index in [1.54, 1.807) is 0 Å². The minimum Gasteiger partial charge on any atom is -0.462 e. The lowest BCUT2D eigenvalue weighted by Gasteiger charge is -2.35. The van der Waals surface area contributed by atoms with E-state index in [9.17, 15) is 14.4 Å². The van der Waals surface area contributed by atoms with E-state index in [2.05, 4.69) is 20.8 Å². The van der Waals surface area contributed by atoms with Gasteiger partial charge in [0.25, 0.3) is 0 Å². The molecular formula is C57H98O12. The lowest BCUT2D eigenvalue weighted by molar-refractivity contribution is -0.167. The zero-order valence-electron chi connectivity index (χ0n) is 43.8. The Kier molecular flexibility index (Phi) is 26.5. The first-order chi connectivity index (χ1) is 33.8. The Bertz CT molecular complexity index is 1420. The number of hydrogen-bond acceptors (Lipinski definition) is 12. The molecule has 0 aliphatic carbocycles. The van der Waals surface area contributed by atoms with Gasteiger partial charge in [0, 0.05) is 38.5 Å². The number of hydrogen-bond donors (Lipinski definition) is 0. The number of unbranched alkanes of at least 4 members (excludes halogenated alkanes) is 18. The summed E-state index contributed by atoms with van der Waals surface area (Å²) in [6.07, 6.45) is 41.4. The molecule has 13 atom stereocenters. The summed E-state index contributed by atoms with van der Waals surface area (Å²) in [5, 5.41) is 0. The van der Waals surface area contributed by atoms with Crippen LogP contribution in [0.15, 0.2) is 0 Å². The van der Waals surface area contributed by atoms with Gasteiger partial charge in [-0.2, -0.15) is 0 Å². The van der Waals surface area contributed by atoms with E-state index >= 15 is 0 Å². The van der Waals surface area contributed by atoms with Crippen LogP contribution in [0.2, 0.25) is 0 Å². The van der Waals surface area contributed by atoms with Crippen LogP contribution in [0, 0.1) is 0 Å². The monoisotopic (exact) mass is 975 g/mol. The fourth-order valence-corrected chi connectivity index (χ4v) is 10.8. The first-order valence-electron chi connectivity index (χ1n) is 29.3. The molecule has 0 N–H and O–H groups in total. The van der Waals surface area contributed by atoms with Gasteiger partial charge in [-0.15, -0.1) is 0 Å². The molecule has 0 aromatic rings. The molecule has 0 bridgehead atoms. The summed E-state index contributed by atoms with van der Waals surface area (Å²) >= 11 is 0. The van der Waals surface area contributed by atoms with Crippen LogP contribution in [0.3, 0.4) is 0 Å². The van der Waals surface area contributed by atoms with Crippen LogP contribution in [0.4, 0.5) is 0 Å². The summed E-state index contributed by atoms with van der Waals surface area (Å²) < 4.78 is 52.5. The summed E-state index contributed by atoms with van der Waals surface area (Å²) in [6, 6.07) is 0. The van der Waals surface area contributed by atoms with Crippen molar-refractivity contribution in [1.82, 2.24) is 0 Å². The fourth-order valence-electron chi connectivity index (χ4n) is 10.8. The molecule has 12 nitrogen and oxygen atoms in total. The molecule has 6 fully saturated rings. The first kappa shape index (κ1) is 56.5. The van der Waals surface area contributed by atoms with Gasteiger partial charge in [-0.3, -0.25) is 14.4 Å². The van der Waals surface area contributed by atoms with E-state index in [1.807, 2.05) is 0 Å². The maximum atomic E-state index is 12.9. The molecule has 69 heavy (non-hydrogen) atoms. The number of ether oxygens (including phenoxy) is 9. The number of carbonyl (C=O) groups excluding carboxylic acids is 3. The van der Waals surface area contributed by atoms with Crippen molar-refractivity contribution in [3.8, 4) is 0 Å². The zero-order chi connectivity index (χ0) is 48.5. The SMILES string of the molecule is CCCCCC1CC(C2OC2CCCCCCCC(=O)OCC(COC(=O)CCCCCCCC2OC2CC2OC2CCCCC)OC(=O)CCCCCCCC2OC2CC2OC2CCCCC)O1. The minimum absolute atomic E-state index is 0.111. The summed E-state index contributed by atoms with van der Waals surface area (Å²) in [4.78, 5) is 38.4. The number of carbonyl (C=O) groups is 3. The van der Waals surface area contributed by atoms with Gasteiger partial charge in [0.05, 0.1) is 67.1 Å². The molecule has 0 saturated carbocycles. The van der Waals surface area contributed by atoms with E-state index in [0.717, 1.165) is 135 Å². The Morgan fingerprint density at radius 2 is 0.739 bits per heavy atom. The van der Waals surface area contributed by atoms with Crippen molar-refractivity contribution in [1.29, 1.82) is 0 Å². The van der Waals surface area contributed by atoms with Crippen LogP contribution in [-0.2, 0) is 57.0 Å². The van der Waals surface area contributed by atoms with Crippen LogP contribution in [0.1, 0.15) is 252 Å². The molecule has 6 rings (SSSR count). The molecule has 6 saturated heterocycles. The summed E-state index contributed by atoms with van der Waals surface area (Å²) in [5.74, 6) is -0.969. The van der Waals surface area contributed by atoms with Gasteiger partial charge in [0.1, 0.15) is 19.3 Å². The number of esters is 3. The van der Waals surface area contributed by atoms with E-state index in [4.69, 9.17) is 42.6 Å². The third-order valence-corrected chi connectivity index (χ3v) is 15.6. The van der Waals surface area contributed by atoms with Gasteiger partial charge in [-0.25, -0.2) is 0 Å². The predicted molar refractivity (Wildman–Crippen MR) is 267 cm³/mol. The molecule has 12 heteroatoms. The standard InChI is InChI=1S/C57H98O12/c1-4-7-19-28-42-37-53(63-42)57-48(69-57)33-24-15-12-17-26-35-55(59)62-41-43(64-56(60)36-27-18-11-14-23-32-47-52(68-47)39-50-45(66-50)30-21-9-6-3)40-61-54(58)34-25-16-10-13-22-31-46-51(67-46)38-49-44(65-49)29-20-8-5-2/h42-53,57H,4-41H2,1-3H3. The van der Waals surface area contributed by atoms with E-state index < -0.39 is 6.10 Å². The van der Waals surface area contributed by atoms with Gasteiger partial charge in [0.15, 0.2) is 6.10 Å². The molecule has 0 aromatic heterocycles. The molecular weight excluding hydrogens is 877 g/mol. The molecule has 0 aromatic carbocycles. The molecule has 398 valence electrons. The van der Waals surface area contributed by atoms with Crippen LogP contribution in [-0.4, -0.2) is 110 Å². The summed E-state index contributed by atoms with van der Waals surface area (Å²) in [6.45, 7) is 6.49. The van der Waals surface area contributed by atoms with Crippen LogP contribution >= 0.6 is 0 Å². The topological polar surface area (TPSA) is 151 Å². The fraction of sp³-hybridized carbons (Fsp3) is 0.947. The van der Waals surface area contributed by atoms with Gasteiger partial charge in [0.2, 0.25) is 0 Å². The van der Waals surface area contributed by atoms with Gasteiger partial charge in [-0.1, -0.05) is 156 Å². The van der Waals surface area contributed by atoms with Crippen LogP contribution < -0.4 is 0 Å². The van der Waals surface area contributed by atoms with E-state index in [1.165, 1.54) is 77.0 Å². The highest BCUT2D eigenvalue weighted by Crippen LogP contribution is 2.42. The second kappa shape index (κ2) is 32.4. The predicted octanol–water partition coefficient (Wildman–Crippen LogP) is 12.7. The first-order valence-corrected chi connectivity index (χ1v) is 29.3. The summed E-state index contributed by atoms with van der Waals surface area (Å²) in [5.41, 5.74) is 0. The van der Waals surface area contributed by atoms with Crippen molar-refractivity contribution in [2.45, 2.75) is 331 Å². The smallest absolute Gasteiger partial charge is 0.306 e. The molecule has 0 spiro atoms. The highest BCUT2D eigenvalue weighted by atomic mass is 16.6. The Hall–Kier alpha value is -1.83. The van der Waals surface area contributed by atoms with Gasteiger partial charge < -0.3 is 42.6 Å². The molecule has 0 amide bonds. The average molecular weight is 975 g/mol. The van der Waals surface area contributed by atoms with E-state index in [-0.39, 0.29) is 37.5 Å². The highest BCUT2D eigenvalue weighted by Gasteiger charge is 2.50. The Morgan fingerprint density at radius 1 is 0.391 bits per heavy atom. The van der Waals surface area contributed by atoms with Crippen molar-refractivity contribution in [2.75, 3.05) is 13.2 Å². The molecule has 0 radical (unpaired) electrons. The largest absolute Gasteiger partial charge is 0.462 e. The molecule has 6 aliphatic heterocycles. The zero-order valence-corrected chi connectivity index (χ0v) is 43.8. The highest BCUT2D eigenvalue weighted by molar-refractivity contribution is 5.71. The van der Waals surface area contributed by atoms with Crippen LogP contribution in [0.25, 0.3) is 0 Å². The molecule has 13 unspecified atom stereocenters. The summed E-state index contributed by atoms with van der Waals surface area (Å²) in [7, 11) is 0. The minimum atomic E-state index is -0.817. The second-order valence-electron chi connectivity index (χ2n) is 21.9. The Balaban J connectivity index is 0.767. The Morgan fingerprint density at radius 3 is 1.16 bits per heavy atom. The maximum Gasteiger partial charge on any atom is 0.306 e. The lowest BCUT2D eigenvalue weighted by atomic mass is 9.95. The Labute approximate surface area is 418 Å². The van der Waals surface area contributed by atoms with Crippen molar-refractivity contribution in [3.05, 3.63) is 0 Å². The van der Waals surface area contributed by atoms with Gasteiger partial charge in [-0.05, 0) is 57.8 Å². The maximum absolute atomic E-state index is 12.9. The third kappa shape index (κ3) is 23.7. The number of epoxide rings is 5. The van der Waals surface area contributed by atoms with Gasteiger partial charge >= 0.3 is 17.9 Å².